The molecule has 0 radical (unpaired) electrons. The monoisotopic (exact) mass is 240 g/mol. The lowest BCUT2D eigenvalue weighted by Crippen LogP contribution is -2.34. The second-order valence-corrected chi connectivity index (χ2v) is 4.73. The Kier molecular flexibility index (Phi) is 4.89. The van der Waals surface area contributed by atoms with Crippen LogP contribution in [0.1, 0.15) is 19.2 Å². The number of likely N-dealkylation sites (N-methyl/N-ethyl adjacent to an activating group) is 1. The van der Waals surface area contributed by atoms with E-state index in [2.05, 4.69) is 23.9 Å². The van der Waals surface area contributed by atoms with E-state index in [-0.39, 0.29) is 0 Å². The molecule has 0 aliphatic carbocycles. The molecule has 90 valence electrons. The molecule has 1 rings (SSSR count). The SMILES string of the molecule is CC(CC(N)=S)N(C)CCc1nccn1C. The van der Waals surface area contributed by atoms with Gasteiger partial charge in [-0.2, -0.15) is 0 Å². The Bertz CT molecular complexity index is 348. The molecule has 0 bridgehead atoms. The van der Waals surface area contributed by atoms with Crippen LogP contribution in [-0.4, -0.2) is 39.1 Å². The molecule has 16 heavy (non-hydrogen) atoms. The standard InChI is InChI=1S/C11H20N4S/c1-9(8-10(12)16)14(2)6-4-11-13-5-7-15(11)3/h5,7,9H,4,6,8H2,1-3H3,(H2,12,16). The highest BCUT2D eigenvalue weighted by molar-refractivity contribution is 7.80. The fourth-order valence-corrected chi connectivity index (χ4v) is 1.82. The van der Waals surface area contributed by atoms with Crippen molar-refractivity contribution in [2.24, 2.45) is 12.8 Å². The third-order valence-corrected chi connectivity index (χ3v) is 3.02. The smallest absolute Gasteiger partial charge is 0.109 e. The minimum absolute atomic E-state index is 0.387. The molecule has 0 aliphatic heterocycles. The first-order chi connectivity index (χ1) is 7.50. The van der Waals surface area contributed by atoms with Gasteiger partial charge >= 0.3 is 0 Å². The van der Waals surface area contributed by atoms with Crippen molar-refractivity contribution in [3.05, 3.63) is 18.2 Å². The molecule has 0 spiro atoms. The van der Waals surface area contributed by atoms with Crippen LogP contribution >= 0.6 is 12.2 Å². The van der Waals surface area contributed by atoms with Gasteiger partial charge in [0, 0.05) is 44.9 Å². The van der Waals surface area contributed by atoms with E-state index < -0.39 is 0 Å². The van der Waals surface area contributed by atoms with Gasteiger partial charge in [-0.3, -0.25) is 0 Å². The summed E-state index contributed by atoms with van der Waals surface area (Å²) in [6.45, 7) is 3.10. The Labute approximate surface area is 102 Å². The largest absolute Gasteiger partial charge is 0.393 e. The lowest BCUT2D eigenvalue weighted by atomic mass is 10.2. The topological polar surface area (TPSA) is 47.1 Å². The molecule has 1 aromatic heterocycles. The Hall–Kier alpha value is -0.940. The maximum atomic E-state index is 5.53. The number of nitrogens with two attached hydrogens (primary N) is 1. The zero-order valence-corrected chi connectivity index (χ0v) is 11.0. The summed E-state index contributed by atoms with van der Waals surface area (Å²) in [5.41, 5.74) is 5.53. The second-order valence-electron chi connectivity index (χ2n) is 4.20. The molecule has 0 saturated carbocycles. The van der Waals surface area contributed by atoms with Crippen molar-refractivity contribution in [1.82, 2.24) is 14.5 Å². The number of nitrogens with zero attached hydrogens (tertiary/aromatic N) is 3. The number of aromatic nitrogens is 2. The van der Waals surface area contributed by atoms with Gasteiger partial charge in [0.25, 0.3) is 0 Å². The van der Waals surface area contributed by atoms with E-state index in [0.717, 1.165) is 25.2 Å². The minimum atomic E-state index is 0.387. The van der Waals surface area contributed by atoms with E-state index in [1.165, 1.54) is 0 Å². The fraction of sp³-hybridized carbons (Fsp3) is 0.636. The Balaban J connectivity index is 2.37. The molecule has 0 aliphatic rings. The van der Waals surface area contributed by atoms with Crippen molar-refractivity contribution in [1.29, 1.82) is 0 Å². The summed E-state index contributed by atoms with van der Waals surface area (Å²) in [5, 5.41) is 0. The van der Waals surface area contributed by atoms with Crippen LogP contribution in [0.15, 0.2) is 12.4 Å². The summed E-state index contributed by atoms with van der Waals surface area (Å²) in [6.07, 6.45) is 5.51. The van der Waals surface area contributed by atoms with Crippen LogP contribution in [0.3, 0.4) is 0 Å². The first-order valence-electron chi connectivity index (χ1n) is 5.45. The van der Waals surface area contributed by atoms with Crippen LogP contribution in [0.2, 0.25) is 0 Å². The van der Waals surface area contributed by atoms with Crippen LogP contribution in [-0.2, 0) is 13.5 Å². The minimum Gasteiger partial charge on any atom is -0.393 e. The highest BCUT2D eigenvalue weighted by Crippen LogP contribution is 2.03. The van der Waals surface area contributed by atoms with Crippen LogP contribution in [0.5, 0.6) is 0 Å². The van der Waals surface area contributed by atoms with Gasteiger partial charge in [0.2, 0.25) is 0 Å². The number of hydrogen-bond acceptors (Lipinski definition) is 3. The molecule has 1 aromatic rings. The van der Waals surface area contributed by atoms with E-state index in [9.17, 15) is 0 Å². The van der Waals surface area contributed by atoms with Gasteiger partial charge in [0.1, 0.15) is 5.82 Å². The predicted molar refractivity (Wildman–Crippen MR) is 70.4 cm³/mol. The number of aryl methyl sites for hydroxylation is 1. The molecular formula is C11H20N4S. The zero-order chi connectivity index (χ0) is 12.1. The summed E-state index contributed by atoms with van der Waals surface area (Å²) in [4.78, 5) is 7.13. The zero-order valence-electron chi connectivity index (χ0n) is 10.2. The van der Waals surface area contributed by atoms with Crippen LogP contribution in [0, 0.1) is 0 Å². The first kappa shape index (κ1) is 13.1. The number of thiocarbonyl (C=S) groups is 1. The molecule has 1 unspecified atom stereocenters. The van der Waals surface area contributed by atoms with Gasteiger partial charge in [-0.05, 0) is 14.0 Å². The van der Waals surface area contributed by atoms with Crippen LogP contribution in [0.25, 0.3) is 0 Å². The molecule has 0 saturated heterocycles. The van der Waals surface area contributed by atoms with Crippen LogP contribution < -0.4 is 5.73 Å². The maximum Gasteiger partial charge on any atom is 0.109 e. The summed E-state index contributed by atoms with van der Waals surface area (Å²) >= 11 is 4.91. The summed E-state index contributed by atoms with van der Waals surface area (Å²) in [5.74, 6) is 1.11. The van der Waals surface area contributed by atoms with Gasteiger partial charge in [0.05, 0.1) is 4.99 Å². The van der Waals surface area contributed by atoms with E-state index >= 15 is 0 Å². The van der Waals surface area contributed by atoms with Crippen molar-refractivity contribution in [3.63, 3.8) is 0 Å². The lowest BCUT2D eigenvalue weighted by molar-refractivity contribution is 0.264. The second kappa shape index (κ2) is 5.96. The molecule has 1 heterocycles. The van der Waals surface area contributed by atoms with E-state index in [4.69, 9.17) is 18.0 Å². The van der Waals surface area contributed by atoms with Crippen molar-refractivity contribution in [2.75, 3.05) is 13.6 Å². The highest BCUT2D eigenvalue weighted by atomic mass is 32.1. The number of hydrogen-bond donors (Lipinski definition) is 1. The van der Waals surface area contributed by atoms with Crippen molar-refractivity contribution >= 4 is 17.2 Å². The average Bonchev–Trinajstić information content (AvgIpc) is 2.59. The first-order valence-corrected chi connectivity index (χ1v) is 5.86. The van der Waals surface area contributed by atoms with Gasteiger partial charge in [-0.25, -0.2) is 4.98 Å². The molecule has 5 heteroatoms. The molecule has 0 fully saturated rings. The predicted octanol–water partition coefficient (Wildman–Crippen LogP) is 0.959. The molecule has 4 nitrogen and oxygen atoms in total. The van der Waals surface area contributed by atoms with E-state index in [0.29, 0.717) is 11.0 Å². The van der Waals surface area contributed by atoms with Gasteiger partial charge in [-0.15, -0.1) is 0 Å². The summed E-state index contributed by atoms with van der Waals surface area (Å²) in [6, 6.07) is 0.387. The Morgan fingerprint density at radius 1 is 1.69 bits per heavy atom. The fourth-order valence-electron chi connectivity index (χ4n) is 1.58. The summed E-state index contributed by atoms with van der Waals surface area (Å²) in [7, 11) is 4.10. The van der Waals surface area contributed by atoms with E-state index in [1.807, 2.05) is 24.0 Å². The van der Waals surface area contributed by atoms with Crippen molar-refractivity contribution in [2.45, 2.75) is 25.8 Å². The molecule has 0 amide bonds. The Morgan fingerprint density at radius 3 is 2.88 bits per heavy atom. The quantitative estimate of drug-likeness (QED) is 0.752. The number of imidazole rings is 1. The molecule has 0 aromatic carbocycles. The summed E-state index contributed by atoms with van der Waals surface area (Å²) < 4.78 is 2.05. The average molecular weight is 240 g/mol. The highest BCUT2D eigenvalue weighted by Gasteiger charge is 2.10. The van der Waals surface area contributed by atoms with Gasteiger partial charge in [-0.1, -0.05) is 12.2 Å². The third kappa shape index (κ3) is 3.90. The van der Waals surface area contributed by atoms with Gasteiger partial charge in [0.15, 0.2) is 0 Å². The van der Waals surface area contributed by atoms with Crippen LogP contribution in [0.4, 0.5) is 0 Å². The lowest BCUT2D eigenvalue weighted by Gasteiger charge is -2.24. The molecule has 1 atom stereocenters. The normalized spacial score (nSPS) is 13.0. The van der Waals surface area contributed by atoms with Crippen molar-refractivity contribution < 1.29 is 0 Å². The molecule has 2 N–H and O–H groups in total. The van der Waals surface area contributed by atoms with Crippen molar-refractivity contribution in [3.8, 4) is 0 Å². The maximum absolute atomic E-state index is 5.53. The molecular weight excluding hydrogens is 220 g/mol. The van der Waals surface area contributed by atoms with E-state index in [1.54, 1.807) is 0 Å². The Morgan fingerprint density at radius 2 is 2.38 bits per heavy atom. The number of rotatable bonds is 6. The third-order valence-electron chi connectivity index (χ3n) is 2.86. The van der Waals surface area contributed by atoms with Gasteiger partial charge < -0.3 is 15.2 Å².